The molecule has 0 amide bonds. The molecule has 128 valence electrons. The highest BCUT2D eigenvalue weighted by atomic mass is 35.5. The predicted molar refractivity (Wildman–Crippen MR) is 91.6 cm³/mol. The van der Waals surface area contributed by atoms with Crippen LogP contribution in [0.15, 0.2) is 36.5 Å². The van der Waals surface area contributed by atoms with Gasteiger partial charge in [0.2, 0.25) is 0 Å². The molecule has 2 rings (SSSR count). The maximum atomic E-state index is 10.7. The lowest BCUT2D eigenvalue weighted by atomic mass is 10.1. The summed E-state index contributed by atoms with van der Waals surface area (Å²) < 4.78 is 5.59. The lowest BCUT2D eigenvalue weighted by Gasteiger charge is -2.15. The van der Waals surface area contributed by atoms with E-state index in [1.54, 1.807) is 18.2 Å². The summed E-state index contributed by atoms with van der Waals surface area (Å²) in [6, 6.07) is 8.37. The van der Waals surface area contributed by atoms with E-state index in [2.05, 4.69) is 10.3 Å². The van der Waals surface area contributed by atoms with E-state index in [1.807, 2.05) is 19.9 Å². The highest BCUT2D eigenvalue weighted by Crippen LogP contribution is 2.25. The zero-order valence-corrected chi connectivity index (χ0v) is 14.0. The minimum atomic E-state index is -0.811. The molecule has 0 bridgehead atoms. The number of aliphatic hydroxyl groups excluding tert-OH is 1. The number of nitrogens with one attached hydrogen (secondary N) is 1. The Morgan fingerprint density at radius 3 is 2.79 bits per heavy atom. The molecule has 0 aliphatic rings. The summed E-state index contributed by atoms with van der Waals surface area (Å²) in [5.41, 5.74) is 0.489. The van der Waals surface area contributed by atoms with Crippen LogP contribution < -0.4 is 10.1 Å². The number of halogens is 1. The van der Waals surface area contributed by atoms with Crippen molar-refractivity contribution in [3.05, 3.63) is 57.2 Å². The topological polar surface area (TPSA) is 97.5 Å². The second-order valence-corrected chi connectivity index (χ2v) is 5.82. The number of benzene rings is 1. The van der Waals surface area contributed by atoms with Crippen molar-refractivity contribution in [2.75, 3.05) is 11.9 Å². The monoisotopic (exact) mass is 351 g/mol. The first-order valence-corrected chi connectivity index (χ1v) is 7.73. The lowest BCUT2D eigenvalue weighted by molar-refractivity contribution is -0.385. The van der Waals surface area contributed by atoms with Gasteiger partial charge in [0.25, 0.3) is 5.69 Å². The molecule has 24 heavy (non-hydrogen) atoms. The van der Waals surface area contributed by atoms with Gasteiger partial charge in [-0.25, -0.2) is 4.98 Å². The number of hydrogen-bond donors (Lipinski definition) is 2. The minimum absolute atomic E-state index is 0.0404. The molecule has 0 spiro atoms. The average molecular weight is 352 g/mol. The van der Waals surface area contributed by atoms with E-state index in [9.17, 15) is 15.2 Å². The molecule has 1 atom stereocenters. The number of anilines is 1. The van der Waals surface area contributed by atoms with Gasteiger partial charge < -0.3 is 15.2 Å². The van der Waals surface area contributed by atoms with E-state index in [0.29, 0.717) is 11.3 Å². The first-order chi connectivity index (χ1) is 11.4. The molecule has 0 aliphatic heterocycles. The van der Waals surface area contributed by atoms with Crippen LogP contribution in [-0.2, 0) is 0 Å². The Labute approximate surface area is 144 Å². The zero-order valence-electron chi connectivity index (χ0n) is 13.3. The molecule has 2 N–H and O–H groups in total. The van der Waals surface area contributed by atoms with Crippen LogP contribution in [0, 0.1) is 10.1 Å². The van der Waals surface area contributed by atoms with Crippen LogP contribution >= 0.6 is 11.6 Å². The van der Waals surface area contributed by atoms with Gasteiger partial charge in [-0.1, -0.05) is 23.7 Å². The Morgan fingerprint density at radius 1 is 1.42 bits per heavy atom. The van der Waals surface area contributed by atoms with Gasteiger partial charge in [-0.2, -0.15) is 0 Å². The fraction of sp³-hybridized carbons (Fsp3) is 0.312. The van der Waals surface area contributed by atoms with Gasteiger partial charge in [-0.3, -0.25) is 10.1 Å². The fourth-order valence-electron chi connectivity index (χ4n) is 2.04. The van der Waals surface area contributed by atoms with Crippen molar-refractivity contribution in [2.45, 2.75) is 26.1 Å². The molecule has 8 heteroatoms. The fourth-order valence-corrected chi connectivity index (χ4v) is 2.26. The van der Waals surface area contributed by atoms with Crippen molar-refractivity contribution in [1.82, 2.24) is 4.98 Å². The number of nitro groups is 1. The largest absolute Gasteiger partial charge is 0.491 e. The highest BCUT2D eigenvalue weighted by molar-refractivity contribution is 6.33. The first-order valence-electron chi connectivity index (χ1n) is 7.35. The van der Waals surface area contributed by atoms with Crippen molar-refractivity contribution in [3.63, 3.8) is 0 Å². The maximum Gasteiger partial charge on any atom is 0.289 e. The average Bonchev–Trinajstić information content (AvgIpc) is 2.52. The molecule has 0 saturated heterocycles. The van der Waals surface area contributed by atoms with Gasteiger partial charge in [0.15, 0.2) is 0 Å². The van der Waals surface area contributed by atoms with Gasteiger partial charge >= 0.3 is 0 Å². The van der Waals surface area contributed by atoms with Gasteiger partial charge in [0, 0.05) is 12.6 Å². The molecule has 1 heterocycles. The third-order valence-electron chi connectivity index (χ3n) is 3.12. The Hall–Kier alpha value is -2.38. The summed E-state index contributed by atoms with van der Waals surface area (Å²) in [7, 11) is 0. The smallest absolute Gasteiger partial charge is 0.289 e. The Balaban J connectivity index is 2.03. The van der Waals surface area contributed by atoms with Crippen molar-refractivity contribution in [1.29, 1.82) is 0 Å². The number of rotatable bonds is 7. The molecule has 0 aliphatic carbocycles. The summed E-state index contributed by atoms with van der Waals surface area (Å²) in [6.45, 7) is 4.00. The van der Waals surface area contributed by atoms with Crippen LogP contribution in [0.1, 0.15) is 25.5 Å². The number of aromatic nitrogens is 1. The van der Waals surface area contributed by atoms with Crippen molar-refractivity contribution in [3.8, 4) is 5.75 Å². The van der Waals surface area contributed by atoms with E-state index < -0.39 is 11.0 Å². The molecule has 7 nitrogen and oxygen atoms in total. The van der Waals surface area contributed by atoms with E-state index in [-0.39, 0.29) is 29.2 Å². The summed E-state index contributed by atoms with van der Waals surface area (Å²) in [6.07, 6.45) is 0.338. The molecule has 1 unspecified atom stereocenters. The standard InChI is InChI=1S/C16H18ClN3O4/c1-10(2)24-13-5-3-4-11(6-13)15(21)9-19-16-14(17)7-12(8-18-16)20(22)23/h3-8,10,15,21H,9H2,1-2H3,(H,18,19). The Kier molecular flexibility index (Phi) is 5.94. The van der Waals surface area contributed by atoms with Gasteiger partial charge in [0.05, 0.1) is 22.2 Å². The van der Waals surface area contributed by atoms with E-state index in [1.165, 1.54) is 6.07 Å². The second kappa shape index (κ2) is 7.94. The second-order valence-electron chi connectivity index (χ2n) is 5.42. The molecule has 0 radical (unpaired) electrons. The number of aliphatic hydroxyl groups is 1. The van der Waals surface area contributed by atoms with Crippen LogP contribution in [0.5, 0.6) is 5.75 Å². The van der Waals surface area contributed by atoms with Crippen LogP contribution in [0.3, 0.4) is 0 Å². The van der Waals surface area contributed by atoms with Crippen LogP contribution in [0.4, 0.5) is 11.5 Å². The third-order valence-corrected chi connectivity index (χ3v) is 3.40. The molecule has 1 aromatic carbocycles. The first kappa shape index (κ1) is 18.0. The van der Waals surface area contributed by atoms with Crippen molar-refractivity contribution < 1.29 is 14.8 Å². The normalized spacial score (nSPS) is 12.0. The summed E-state index contributed by atoms with van der Waals surface area (Å²) in [5, 5.41) is 23.9. The molecular formula is C16H18ClN3O4. The molecule has 1 aromatic heterocycles. The van der Waals surface area contributed by atoms with Gasteiger partial charge in [-0.05, 0) is 31.5 Å². The van der Waals surface area contributed by atoms with E-state index >= 15 is 0 Å². The molecular weight excluding hydrogens is 334 g/mol. The quantitative estimate of drug-likeness (QED) is 0.584. The molecule has 0 saturated carbocycles. The van der Waals surface area contributed by atoms with Crippen LogP contribution in [0.25, 0.3) is 0 Å². The number of pyridine rings is 1. The van der Waals surface area contributed by atoms with Crippen LogP contribution in [-0.4, -0.2) is 27.7 Å². The Bertz CT molecular complexity index is 724. The minimum Gasteiger partial charge on any atom is -0.491 e. The summed E-state index contributed by atoms with van der Waals surface area (Å²) >= 11 is 5.95. The SMILES string of the molecule is CC(C)Oc1cccc(C(O)CNc2ncc([N+](=O)[O-])cc2Cl)c1. The van der Waals surface area contributed by atoms with Gasteiger partial charge in [0.1, 0.15) is 17.8 Å². The van der Waals surface area contributed by atoms with E-state index in [4.69, 9.17) is 16.3 Å². The summed E-state index contributed by atoms with van der Waals surface area (Å²) in [5.74, 6) is 0.948. The molecule has 0 fully saturated rings. The summed E-state index contributed by atoms with van der Waals surface area (Å²) in [4.78, 5) is 14.0. The Morgan fingerprint density at radius 2 is 2.17 bits per heavy atom. The molecule has 2 aromatic rings. The highest BCUT2D eigenvalue weighted by Gasteiger charge is 2.13. The van der Waals surface area contributed by atoms with Crippen LogP contribution in [0.2, 0.25) is 5.02 Å². The number of hydrogen-bond acceptors (Lipinski definition) is 6. The van der Waals surface area contributed by atoms with Crippen molar-refractivity contribution >= 4 is 23.1 Å². The zero-order chi connectivity index (χ0) is 17.7. The van der Waals surface area contributed by atoms with Gasteiger partial charge in [-0.15, -0.1) is 0 Å². The van der Waals surface area contributed by atoms with Crippen molar-refractivity contribution in [2.24, 2.45) is 0 Å². The predicted octanol–water partition coefficient (Wildman–Crippen LogP) is 3.58. The van der Waals surface area contributed by atoms with E-state index in [0.717, 1.165) is 6.20 Å². The third kappa shape index (κ3) is 4.81. The number of ether oxygens (including phenoxy) is 1. The number of nitrogens with zero attached hydrogens (tertiary/aromatic N) is 2. The maximum absolute atomic E-state index is 10.7. The lowest BCUT2D eigenvalue weighted by Crippen LogP contribution is -2.14.